The van der Waals surface area contributed by atoms with Gasteiger partial charge in [0, 0.05) is 52.7 Å². The minimum absolute atomic E-state index is 0.224. The average Bonchev–Trinajstić information content (AvgIpc) is 2.47. The van der Waals surface area contributed by atoms with Gasteiger partial charge in [-0.25, -0.2) is 0 Å². The van der Waals surface area contributed by atoms with Crippen LogP contribution in [-0.4, -0.2) is 55.5 Å². The number of piperazine rings is 1. The van der Waals surface area contributed by atoms with E-state index in [2.05, 4.69) is 22.3 Å². The van der Waals surface area contributed by atoms with E-state index in [4.69, 9.17) is 0 Å². The smallest absolute Gasteiger partial charge is 0.223 e. The summed E-state index contributed by atoms with van der Waals surface area (Å²) >= 11 is 0. The van der Waals surface area contributed by atoms with Gasteiger partial charge in [-0.05, 0) is 5.56 Å². The Labute approximate surface area is 115 Å². The summed E-state index contributed by atoms with van der Waals surface area (Å²) in [6.07, 6.45) is 0.614. The van der Waals surface area contributed by atoms with Gasteiger partial charge < -0.3 is 15.1 Å². The number of rotatable bonds is 5. The molecule has 4 heteroatoms. The molecular formula is C15H23N3O. The third-order valence-electron chi connectivity index (χ3n) is 3.54. The SMILES string of the molecule is CN(Cc1ccccc1)C(=O)CCN1CCNCC1. The van der Waals surface area contributed by atoms with Gasteiger partial charge in [0.15, 0.2) is 0 Å². The molecule has 1 saturated heterocycles. The first-order valence-corrected chi connectivity index (χ1v) is 6.96. The Balaban J connectivity index is 1.73. The lowest BCUT2D eigenvalue weighted by Crippen LogP contribution is -2.44. The Morgan fingerprint density at radius 3 is 2.63 bits per heavy atom. The second-order valence-electron chi connectivity index (χ2n) is 5.08. The monoisotopic (exact) mass is 261 g/mol. The number of nitrogens with zero attached hydrogens (tertiary/aromatic N) is 2. The molecule has 1 N–H and O–H groups in total. The highest BCUT2D eigenvalue weighted by Crippen LogP contribution is 2.04. The first-order chi connectivity index (χ1) is 9.25. The zero-order valence-corrected chi connectivity index (χ0v) is 11.6. The van der Waals surface area contributed by atoms with Crippen molar-refractivity contribution in [2.45, 2.75) is 13.0 Å². The molecule has 0 atom stereocenters. The Bertz CT molecular complexity index is 388. The standard InChI is InChI=1S/C15H23N3O/c1-17(13-14-5-3-2-4-6-14)15(19)7-10-18-11-8-16-9-12-18/h2-6,16H,7-13H2,1H3. The van der Waals surface area contributed by atoms with E-state index in [0.717, 1.165) is 32.7 Å². The van der Waals surface area contributed by atoms with Gasteiger partial charge in [0.25, 0.3) is 0 Å². The molecule has 0 saturated carbocycles. The van der Waals surface area contributed by atoms with Crippen molar-refractivity contribution in [1.29, 1.82) is 0 Å². The number of hydrogen-bond acceptors (Lipinski definition) is 3. The van der Waals surface area contributed by atoms with Crippen LogP contribution < -0.4 is 5.32 Å². The second kappa shape index (κ2) is 7.26. The molecule has 1 aliphatic heterocycles. The summed E-state index contributed by atoms with van der Waals surface area (Å²) in [5.74, 6) is 0.224. The van der Waals surface area contributed by atoms with Crippen LogP contribution in [0.4, 0.5) is 0 Å². The zero-order chi connectivity index (χ0) is 13.5. The first kappa shape index (κ1) is 14.0. The van der Waals surface area contributed by atoms with Gasteiger partial charge in [0.2, 0.25) is 5.91 Å². The van der Waals surface area contributed by atoms with Gasteiger partial charge >= 0.3 is 0 Å². The predicted molar refractivity (Wildman–Crippen MR) is 76.8 cm³/mol. The molecule has 0 aromatic heterocycles. The van der Waals surface area contributed by atoms with Crippen LogP contribution >= 0.6 is 0 Å². The molecule has 0 unspecified atom stereocenters. The minimum Gasteiger partial charge on any atom is -0.341 e. The summed E-state index contributed by atoms with van der Waals surface area (Å²) in [6, 6.07) is 10.1. The minimum atomic E-state index is 0.224. The summed E-state index contributed by atoms with van der Waals surface area (Å²) in [5, 5.41) is 3.32. The quantitative estimate of drug-likeness (QED) is 0.857. The number of nitrogens with one attached hydrogen (secondary N) is 1. The molecule has 104 valence electrons. The number of amides is 1. The maximum absolute atomic E-state index is 12.1. The Morgan fingerprint density at radius 1 is 1.26 bits per heavy atom. The molecule has 1 fully saturated rings. The highest BCUT2D eigenvalue weighted by atomic mass is 16.2. The van der Waals surface area contributed by atoms with Crippen LogP contribution in [0, 0.1) is 0 Å². The summed E-state index contributed by atoms with van der Waals surface area (Å²) in [7, 11) is 1.88. The fraction of sp³-hybridized carbons (Fsp3) is 0.533. The molecule has 1 amide bonds. The molecular weight excluding hydrogens is 238 g/mol. The fourth-order valence-electron chi connectivity index (χ4n) is 2.32. The molecule has 0 bridgehead atoms. The van der Waals surface area contributed by atoms with Gasteiger partial charge in [-0.15, -0.1) is 0 Å². The average molecular weight is 261 g/mol. The van der Waals surface area contributed by atoms with E-state index >= 15 is 0 Å². The van der Waals surface area contributed by atoms with Crippen molar-refractivity contribution in [3.8, 4) is 0 Å². The molecule has 0 spiro atoms. The van der Waals surface area contributed by atoms with E-state index in [1.54, 1.807) is 0 Å². The van der Waals surface area contributed by atoms with E-state index in [1.807, 2.05) is 30.1 Å². The summed E-state index contributed by atoms with van der Waals surface area (Å²) in [5.41, 5.74) is 1.18. The topological polar surface area (TPSA) is 35.6 Å². The van der Waals surface area contributed by atoms with Gasteiger partial charge in [-0.3, -0.25) is 4.79 Å². The van der Waals surface area contributed by atoms with Crippen molar-refractivity contribution in [1.82, 2.24) is 15.1 Å². The lowest BCUT2D eigenvalue weighted by atomic mass is 10.2. The lowest BCUT2D eigenvalue weighted by Gasteiger charge is -2.27. The second-order valence-corrected chi connectivity index (χ2v) is 5.08. The normalized spacial score (nSPS) is 16.3. The summed E-state index contributed by atoms with van der Waals surface area (Å²) in [4.78, 5) is 16.2. The van der Waals surface area contributed by atoms with Crippen LogP contribution in [0.2, 0.25) is 0 Å². The Hall–Kier alpha value is -1.39. The van der Waals surface area contributed by atoms with Crippen molar-refractivity contribution >= 4 is 5.91 Å². The molecule has 1 aromatic rings. The van der Waals surface area contributed by atoms with Crippen LogP contribution in [0.25, 0.3) is 0 Å². The lowest BCUT2D eigenvalue weighted by molar-refractivity contribution is -0.130. The Morgan fingerprint density at radius 2 is 1.95 bits per heavy atom. The van der Waals surface area contributed by atoms with Crippen molar-refractivity contribution < 1.29 is 4.79 Å². The molecule has 1 heterocycles. The molecule has 0 radical (unpaired) electrons. The van der Waals surface area contributed by atoms with Crippen LogP contribution in [0.5, 0.6) is 0 Å². The van der Waals surface area contributed by atoms with E-state index in [-0.39, 0.29) is 5.91 Å². The number of hydrogen-bond donors (Lipinski definition) is 1. The highest BCUT2D eigenvalue weighted by Gasteiger charge is 2.13. The van der Waals surface area contributed by atoms with Crippen LogP contribution in [0.3, 0.4) is 0 Å². The van der Waals surface area contributed by atoms with E-state index in [0.29, 0.717) is 13.0 Å². The van der Waals surface area contributed by atoms with E-state index < -0.39 is 0 Å². The molecule has 2 rings (SSSR count). The molecule has 1 aromatic carbocycles. The van der Waals surface area contributed by atoms with E-state index in [9.17, 15) is 4.79 Å². The largest absolute Gasteiger partial charge is 0.341 e. The van der Waals surface area contributed by atoms with Crippen LogP contribution in [0.1, 0.15) is 12.0 Å². The molecule has 1 aliphatic rings. The molecule has 19 heavy (non-hydrogen) atoms. The molecule has 4 nitrogen and oxygen atoms in total. The Kier molecular flexibility index (Phi) is 5.36. The zero-order valence-electron chi connectivity index (χ0n) is 11.6. The van der Waals surface area contributed by atoms with E-state index in [1.165, 1.54) is 5.56 Å². The van der Waals surface area contributed by atoms with Crippen molar-refractivity contribution in [3.63, 3.8) is 0 Å². The van der Waals surface area contributed by atoms with Crippen molar-refractivity contribution in [3.05, 3.63) is 35.9 Å². The maximum Gasteiger partial charge on any atom is 0.223 e. The summed E-state index contributed by atoms with van der Waals surface area (Å²) < 4.78 is 0. The third kappa shape index (κ3) is 4.65. The number of benzene rings is 1. The van der Waals surface area contributed by atoms with Crippen LogP contribution in [0.15, 0.2) is 30.3 Å². The molecule has 0 aliphatic carbocycles. The first-order valence-electron chi connectivity index (χ1n) is 6.96. The fourth-order valence-corrected chi connectivity index (χ4v) is 2.32. The van der Waals surface area contributed by atoms with Gasteiger partial charge in [-0.1, -0.05) is 30.3 Å². The third-order valence-corrected chi connectivity index (χ3v) is 3.54. The highest BCUT2D eigenvalue weighted by molar-refractivity contribution is 5.76. The number of carbonyl (C=O) groups is 1. The van der Waals surface area contributed by atoms with Gasteiger partial charge in [0.1, 0.15) is 0 Å². The van der Waals surface area contributed by atoms with Gasteiger partial charge in [0.05, 0.1) is 0 Å². The van der Waals surface area contributed by atoms with Gasteiger partial charge in [-0.2, -0.15) is 0 Å². The summed E-state index contributed by atoms with van der Waals surface area (Å²) in [6.45, 7) is 5.74. The number of carbonyl (C=O) groups excluding carboxylic acids is 1. The predicted octanol–water partition coefficient (Wildman–Crippen LogP) is 0.940. The van der Waals surface area contributed by atoms with Crippen molar-refractivity contribution in [2.24, 2.45) is 0 Å². The van der Waals surface area contributed by atoms with Crippen LogP contribution in [-0.2, 0) is 11.3 Å². The van der Waals surface area contributed by atoms with Crippen molar-refractivity contribution in [2.75, 3.05) is 39.8 Å². The maximum atomic E-state index is 12.1.